The second-order valence-electron chi connectivity index (χ2n) is 5.72. The van der Waals surface area contributed by atoms with E-state index in [1.807, 2.05) is 12.1 Å². The second-order valence-corrected chi connectivity index (χ2v) is 8.13. The van der Waals surface area contributed by atoms with Gasteiger partial charge in [-0.3, -0.25) is 0 Å². The Morgan fingerprint density at radius 3 is 2.32 bits per heavy atom. The Hall–Kier alpha value is -0.110. The molecule has 0 bridgehead atoms. The maximum atomic E-state index is 12.1. The van der Waals surface area contributed by atoms with Crippen molar-refractivity contribution in [3.63, 3.8) is 0 Å². The molecule has 2 rings (SSSR count). The lowest BCUT2D eigenvalue weighted by molar-refractivity contribution is 0.454. The molecule has 1 heterocycles. The van der Waals surface area contributed by atoms with Crippen LogP contribution < -0.4 is 5.63 Å². The van der Waals surface area contributed by atoms with E-state index in [4.69, 9.17) is 4.42 Å². The summed E-state index contributed by atoms with van der Waals surface area (Å²) < 4.78 is 7.67. The Morgan fingerprint density at radius 2 is 1.59 bits per heavy atom. The smallest absolute Gasteiger partial charge is 0.343 e. The average Bonchev–Trinajstić information content (AvgIpc) is 2.47. The predicted octanol–water partition coefficient (Wildman–Crippen LogP) is 6.30. The van der Waals surface area contributed by atoms with Gasteiger partial charge in [-0.05, 0) is 69.8 Å². The monoisotopic (exact) mass is 524 g/mol. The number of aryl methyl sites for hydroxylation is 1. The lowest BCUT2D eigenvalue weighted by Gasteiger charge is -2.05. The summed E-state index contributed by atoms with van der Waals surface area (Å²) in [7, 11) is 0. The van der Waals surface area contributed by atoms with Crippen LogP contribution in [0, 0.1) is 7.14 Å². The summed E-state index contributed by atoms with van der Waals surface area (Å²) >= 11 is 4.53. The van der Waals surface area contributed by atoms with Gasteiger partial charge in [0.05, 0.1) is 5.39 Å². The van der Waals surface area contributed by atoms with E-state index in [1.165, 1.54) is 38.5 Å². The van der Waals surface area contributed by atoms with Crippen LogP contribution >= 0.6 is 45.2 Å². The van der Waals surface area contributed by atoms with Crippen molar-refractivity contribution in [2.45, 2.75) is 58.3 Å². The minimum absolute atomic E-state index is 0.202. The summed E-state index contributed by atoms with van der Waals surface area (Å²) in [6.07, 6.45) is 9.77. The van der Waals surface area contributed by atoms with Crippen LogP contribution in [0.1, 0.15) is 57.6 Å². The summed E-state index contributed by atoms with van der Waals surface area (Å²) in [5.41, 5.74) is -0.202. The molecule has 0 saturated carbocycles. The zero-order chi connectivity index (χ0) is 15.9. The summed E-state index contributed by atoms with van der Waals surface area (Å²) in [5.74, 6) is 0.824. The van der Waals surface area contributed by atoms with Crippen molar-refractivity contribution in [1.29, 1.82) is 0 Å². The fraction of sp³-hybridized carbons (Fsp3) is 0.500. The predicted molar refractivity (Wildman–Crippen MR) is 110 cm³/mol. The van der Waals surface area contributed by atoms with E-state index in [2.05, 4.69) is 58.2 Å². The van der Waals surface area contributed by atoms with Crippen molar-refractivity contribution in [1.82, 2.24) is 0 Å². The lowest BCUT2D eigenvalue weighted by Crippen LogP contribution is -2.03. The second kappa shape index (κ2) is 9.25. The van der Waals surface area contributed by atoms with Crippen molar-refractivity contribution in [2.24, 2.45) is 0 Å². The Morgan fingerprint density at radius 1 is 0.909 bits per heavy atom. The van der Waals surface area contributed by atoms with Crippen molar-refractivity contribution in [3.05, 3.63) is 41.5 Å². The molecule has 1 aromatic carbocycles. The van der Waals surface area contributed by atoms with Crippen LogP contribution in [0.2, 0.25) is 0 Å². The van der Waals surface area contributed by atoms with Crippen molar-refractivity contribution in [3.8, 4) is 0 Å². The molecule has 0 spiro atoms. The number of halogens is 2. The summed E-state index contributed by atoms with van der Waals surface area (Å²) in [6, 6.07) is 6.05. The highest BCUT2D eigenvalue weighted by Crippen LogP contribution is 2.23. The molecule has 0 aliphatic carbocycles. The van der Waals surface area contributed by atoms with E-state index in [-0.39, 0.29) is 5.63 Å². The number of benzene rings is 1. The zero-order valence-electron chi connectivity index (χ0n) is 13.0. The molecule has 0 saturated heterocycles. The maximum absolute atomic E-state index is 12.1. The van der Waals surface area contributed by atoms with Gasteiger partial charge in [0.1, 0.15) is 5.76 Å². The molecule has 2 nitrogen and oxygen atoms in total. The molecule has 1 aromatic heterocycles. The number of hydrogen-bond acceptors (Lipinski definition) is 2. The molecule has 0 amide bonds. The minimum Gasteiger partial charge on any atom is -0.427 e. The zero-order valence-corrected chi connectivity index (χ0v) is 17.3. The molecule has 0 aliphatic rings. The SMILES string of the molecule is CCCCCCCCCc1cc2c(I)cc(I)cc2c(=O)o1. The van der Waals surface area contributed by atoms with Gasteiger partial charge in [0.25, 0.3) is 0 Å². The summed E-state index contributed by atoms with van der Waals surface area (Å²) in [5, 5.41) is 1.72. The number of fused-ring (bicyclic) bond motifs is 1. The molecule has 22 heavy (non-hydrogen) atoms. The average molecular weight is 524 g/mol. The van der Waals surface area contributed by atoms with Gasteiger partial charge in [-0.2, -0.15) is 0 Å². The van der Waals surface area contributed by atoms with E-state index >= 15 is 0 Å². The molecule has 0 atom stereocenters. The maximum Gasteiger partial charge on any atom is 0.343 e. The molecule has 0 unspecified atom stereocenters. The van der Waals surface area contributed by atoms with Crippen LogP contribution in [0.5, 0.6) is 0 Å². The first kappa shape index (κ1) is 18.2. The highest BCUT2D eigenvalue weighted by atomic mass is 127. The van der Waals surface area contributed by atoms with Crippen LogP contribution in [0.25, 0.3) is 10.8 Å². The molecule has 2 aromatic rings. The van der Waals surface area contributed by atoms with E-state index in [0.29, 0.717) is 5.39 Å². The van der Waals surface area contributed by atoms with Crippen molar-refractivity contribution >= 4 is 56.0 Å². The molecule has 0 fully saturated rings. The Balaban J connectivity index is 1.97. The van der Waals surface area contributed by atoms with E-state index in [9.17, 15) is 4.79 Å². The summed E-state index contributed by atoms with van der Waals surface area (Å²) in [4.78, 5) is 12.1. The third kappa shape index (κ3) is 5.22. The standard InChI is InChI=1S/C18H22I2O2/c1-2-3-4-5-6-7-8-9-14-12-15-16(18(21)22-14)10-13(19)11-17(15)20/h10-12H,2-9H2,1H3. The first-order chi connectivity index (χ1) is 10.6. The molecule has 120 valence electrons. The van der Waals surface area contributed by atoms with E-state index in [0.717, 1.165) is 31.1 Å². The van der Waals surface area contributed by atoms with Crippen molar-refractivity contribution in [2.75, 3.05) is 0 Å². The van der Waals surface area contributed by atoms with Crippen LogP contribution in [0.4, 0.5) is 0 Å². The lowest BCUT2D eigenvalue weighted by atomic mass is 10.1. The van der Waals surface area contributed by atoms with Gasteiger partial charge in [-0.25, -0.2) is 4.79 Å². The third-order valence-electron chi connectivity index (χ3n) is 3.87. The normalized spacial score (nSPS) is 11.2. The Bertz CT molecular complexity index is 677. The van der Waals surface area contributed by atoms with Gasteiger partial charge in [0.15, 0.2) is 0 Å². The molecule has 0 N–H and O–H groups in total. The molecular weight excluding hydrogens is 502 g/mol. The number of hydrogen-bond donors (Lipinski definition) is 0. The number of rotatable bonds is 8. The first-order valence-electron chi connectivity index (χ1n) is 8.03. The van der Waals surface area contributed by atoms with Gasteiger partial charge in [0, 0.05) is 18.9 Å². The fourth-order valence-corrected chi connectivity index (χ4v) is 4.64. The van der Waals surface area contributed by atoms with Gasteiger partial charge in [-0.15, -0.1) is 0 Å². The van der Waals surface area contributed by atoms with Crippen LogP contribution in [0.15, 0.2) is 27.4 Å². The number of unbranched alkanes of at least 4 members (excludes halogenated alkanes) is 6. The quantitative estimate of drug-likeness (QED) is 0.300. The van der Waals surface area contributed by atoms with Crippen LogP contribution in [-0.2, 0) is 6.42 Å². The highest BCUT2D eigenvalue weighted by Gasteiger charge is 2.08. The van der Waals surface area contributed by atoms with Gasteiger partial charge < -0.3 is 4.42 Å². The molecule has 0 aliphatic heterocycles. The van der Waals surface area contributed by atoms with Crippen LogP contribution in [-0.4, -0.2) is 0 Å². The van der Waals surface area contributed by atoms with Gasteiger partial charge in [0.2, 0.25) is 0 Å². The molecule has 0 radical (unpaired) electrons. The largest absolute Gasteiger partial charge is 0.427 e. The van der Waals surface area contributed by atoms with Gasteiger partial charge >= 0.3 is 5.63 Å². The molecular formula is C18H22I2O2. The van der Waals surface area contributed by atoms with Gasteiger partial charge in [-0.1, -0.05) is 45.4 Å². The van der Waals surface area contributed by atoms with Crippen molar-refractivity contribution < 1.29 is 4.42 Å². The minimum atomic E-state index is -0.202. The highest BCUT2D eigenvalue weighted by molar-refractivity contribution is 14.1. The fourth-order valence-electron chi connectivity index (χ4n) is 2.64. The first-order valence-corrected chi connectivity index (χ1v) is 10.2. The topological polar surface area (TPSA) is 30.2 Å². The summed E-state index contributed by atoms with van der Waals surface area (Å²) in [6.45, 7) is 2.24. The molecule has 4 heteroatoms. The van der Waals surface area contributed by atoms with Crippen LogP contribution in [0.3, 0.4) is 0 Å². The van der Waals surface area contributed by atoms with E-state index in [1.54, 1.807) is 0 Å². The Kier molecular flexibility index (Phi) is 7.67. The third-order valence-corrected chi connectivity index (χ3v) is 5.39. The Labute approximate surface area is 159 Å². The van der Waals surface area contributed by atoms with E-state index < -0.39 is 0 Å².